The van der Waals surface area contributed by atoms with Crippen molar-refractivity contribution in [1.29, 1.82) is 0 Å². The minimum Gasteiger partial charge on any atom is -0.310 e. The molecule has 0 saturated carbocycles. The first-order chi connectivity index (χ1) is 9.79. The summed E-state index contributed by atoms with van der Waals surface area (Å²) in [7, 11) is 0. The Morgan fingerprint density at radius 1 is 1.14 bits per heavy atom. The van der Waals surface area contributed by atoms with Crippen molar-refractivity contribution in [1.82, 2.24) is 4.57 Å². The molecule has 0 amide bonds. The standard InChI is InChI=1S/C14H9ClF3NO2/c15-12(20)11-2-1-7-19(13(11)21)8-9-3-5-10(6-4-9)14(16,17)18/h1-7H,8H2. The van der Waals surface area contributed by atoms with Gasteiger partial charge in [0.25, 0.3) is 10.8 Å². The maximum Gasteiger partial charge on any atom is 0.416 e. The molecule has 21 heavy (non-hydrogen) atoms. The summed E-state index contributed by atoms with van der Waals surface area (Å²) in [5.74, 6) is 0. The molecule has 1 aromatic heterocycles. The predicted octanol–water partition coefficient (Wildman–Crippen LogP) is 3.29. The molecule has 0 unspecified atom stereocenters. The summed E-state index contributed by atoms with van der Waals surface area (Å²) in [6.45, 7) is 0.0506. The molecule has 2 rings (SSSR count). The van der Waals surface area contributed by atoms with Crippen molar-refractivity contribution >= 4 is 16.8 Å². The van der Waals surface area contributed by atoms with Crippen molar-refractivity contribution in [3.8, 4) is 0 Å². The normalized spacial score (nSPS) is 11.4. The number of halogens is 4. The largest absolute Gasteiger partial charge is 0.416 e. The van der Waals surface area contributed by atoms with Gasteiger partial charge in [0, 0.05) is 6.20 Å². The highest BCUT2D eigenvalue weighted by atomic mass is 35.5. The average Bonchev–Trinajstić information content (AvgIpc) is 2.40. The second-order valence-corrected chi connectivity index (χ2v) is 4.67. The third-order valence-corrected chi connectivity index (χ3v) is 3.07. The van der Waals surface area contributed by atoms with E-state index in [4.69, 9.17) is 11.6 Å². The lowest BCUT2D eigenvalue weighted by Gasteiger charge is -2.09. The lowest BCUT2D eigenvalue weighted by molar-refractivity contribution is -0.137. The van der Waals surface area contributed by atoms with Crippen LogP contribution in [0, 0.1) is 0 Å². The number of aromatic nitrogens is 1. The van der Waals surface area contributed by atoms with Gasteiger partial charge < -0.3 is 4.57 Å². The number of carbonyl (C=O) groups excluding carboxylic acids is 1. The van der Waals surface area contributed by atoms with E-state index in [0.717, 1.165) is 12.1 Å². The molecule has 0 radical (unpaired) electrons. The zero-order valence-corrected chi connectivity index (χ0v) is 11.3. The van der Waals surface area contributed by atoms with Crippen molar-refractivity contribution in [2.45, 2.75) is 12.7 Å². The maximum absolute atomic E-state index is 12.4. The van der Waals surface area contributed by atoms with Crippen LogP contribution in [-0.2, 0) is 12.7 Å². The Bertz CT molecular complexity index is 720. The Hall–Kier alpha value is -2.08. The molecule has 0 saturated heterocycles. The molecule has 0 N–H and O–H groups in total. The van der Waals surface area contributed by atoms with Crippen molar-refractivity contribution in [3.63, 3.8) is 0 Å². The van der Waals surface area contributed by atoms with Crippen LogP contribution in [0.4, 0.5) is 13.2 Å². The van der Waals surface area contributed by atoms with Crippen LogP contribution in [0.15, 0.2) is 47.4 Å². The number of nitrogens with zero attached hydrogens (tertiary/aromatic N) is 1. The molecule has 0 aliphatic carbocycles. The monoisotopic (exact) mass is 315 g/mol. The highest BCUT2D eigenvalue weighted by Crippen LogP contribution is 2.29. The van der Waals surface area contributed by atoms with Gasteiger partial charge in [-0.15, -0.1) is 0 Å². The molecular weight excluding hydrogens is 307 g/mol. The number of benzene rings is 1. The number of carbonyl (C=O) groups is 1. The molecular formula is C14H9ClF3NO2. The molecule has 0 atom stereocenters. The van der Waals surface area contributed by atoms with Gasteiger partial charge >= 0.3 is 6.18 Å². The molecule has 1 aromatic carbocycles. The zero-order chi connectivity index (χ0) is 15.6. The van der Waals surface area contributed by atoms with Gasteiger partial charge in [0.2, 0.25) is 0 Å². The number of hydrogen-bond donors (Lipinski definition) is 0. The maximum atomic E-state index is 12.4. The highest BCUT2D eigenvalue weighted by Gasteiger charge is 2.29. The molecule has 0 aliphatic heterocycles. The van der Waals surface area contributed by atoms with Gasteiger partial charge in [0.05, 0.1) is 17.7 Å². The molecule has 3 nitrogen and oxygen atoms in total. The van der Waals surface area contributed by atoms with Crippen LogP contribution >= 0.6 is 11.6 Å². The van der Waals surface area contributed by atoms with E-state index >= 15 is 0 Å². The third-order valence-electron chi connectivity index (χ3n) is 2.87. The van der Waals surface area contributed by atoms with Crippen LogP contribution in [0.1, 0.15) is 21.5 Å². The lowest BCUT2D eigenvalue weighted by atomic mass is 10.1. The van der Waals surface area contributed by atoms with Gasteiger partial charge in [-0.1, -0.05) is 12.1 Å². The van der Waals surface area contributed by atoms with E-state index in [1.807, 2.05) is 0 Å². The van der Waals surface area contributed by atoms with Gasteiger partial charge in [0.15, 0.2) is 0 Å². The van der Waals surface area contributed by atoms with Crippen molar-refractivity contribution < 1.29 is 18.0 Å². The molecule has 0 fully saturated rings. The SMILES string of the molecule is O=C(Cl)c1cccn(Cc2ccc(C(F)(F)F)cc2)c1=O. The second-order valence-electron chi connectivity index (χ2n) is 4.32. The predicted molar refractivity (Wildman–Crippen MR) is 71.4 cm³/mol. The molecule has 0 spiro atoms. The fraction of sp³-hybridized carbons (Fsp3) is 0.143. The van der Waals surface area contributed by atoms with E-state index < -0.39 is 22.5 Å². The van der Waals surface area contributed by atoms with Crippen LogP contribution in [0.25, 0.3) is 0 Å². The first kappa shape index (κ1) is 15.3. The van der Waals surface area contributed by atoms with Crippen LogP contribution in [0.5, 0.6) is 0 Å². The quantitative estimate of drug-likeness (QED) is 0.815. The van der Waals surface area contributed by atoms with Crippen LogP contribution in [-0.4, -0.2) is 9.81 Å². The highest BCUT2D eigenvalue weighted by molar-refractivity contribution is 6.67. The molecule has 0 bridgehead atoms. The number of hydrogen-bond acceptors (Lipinski definition) is 2. The fourth-order valence-electron chi connectivity index (χ4n) is 1.81. The minimum atomic E-state index is -4.40. The van der Waals surface area contributed by atoms with Gasteiger partial charge in [-0.25, -0.2) is 0 Å². The Kier molecular flexibility index (Phi) is 4.18. The molecule has 110 valence electrons. The van der Waals surface area contributed by atoms with Crippen LogP contribution in [0.3, 0.4) is 0 Å². The summed E-state index contributed by atoms with van der Waals surface area (Å²) in [6, 6.07) is 7.21. The number of rotatable bonds is 3. The minimum absolute atomic E-state index is 0.0506. The Balaban J connectivity index is 2.29. The Labute approximate surface area is 122 Å². The third kappa shape index (κ3) is 3.52. The summed E-state index contributed by atoms with van der Waals surface area (Å²) in [5.41, 5.74) is -1.02. The molecule has 2 aromatic rings. The number of pyridine rings is 1. The van der Waals surface area contributed by atoms with E-state index in [0.29, 0.717) is 5.56 Å². The van der Waals surface area contributed by atoms with Crippen molar-refractivity contribution in [2.75, 3.05) is 0 Å². The second kappa shape index (κ2) is 5.73. The molecule has 1 heterocycles. The average molecular weight is 316 g/mol. The summed E-state index contributed by atoms with van der Waals surface area (Å²) in [6.07, 6.45) is -2.97. The summed E-state index contributed by atoms with van der Waals surface area (Å²) >= 11 is 5.28. The molecule has 0 aliphatic rings. The lowest BCUT2D eigenvalue weighted by Crippen LogP contribution is -2.24. The van der Waals surface area contributed by atoms with E-state index in [9.17, 15) is 22.8 Å². The topological polar surface area (TPSA) is 39.1 Å². The van der Waals surface area contributed by atoms with Gasteiger partial charge in [0.1, 0.15) is 0 Å². The van der Waals surface area contributed by atoms with Gasteiger partial charge in [-0.05, 0) is 41.4 Å². The summed E-state index contributed by atoms with van der Waals surface area (Å²) in [5, 5.41) is -0.873. The van der Waals surface area contributed by atoms with E-state index in [-0.39, 0.29) is 12.1 Å². The van der Waals surface area contributed by atoms with E-state index in [1.54, 1.807) is 0 Å². The Morgan fingerprint density at radius 3 is 2.29 bits per heavy atom. The fourth-order valence-corrected chi connectivity index (χ4v) is 1.95. The Morgan fingerprint density at radius 2 is 1.76 bits per heavy atom. The van der Waals surface area contributed by atoms with Gasteiger partial charge in [-0.3, -0.25) is 9.59 Å². The van der Waals surface area contributed by atoms with Gasteiger partial charge in [-0.2, -0.15) is 13.2 Å². The first-order valence-corrected chi connectivity index (χ1v) is 6.22. The van der Waals surface area contributed by atoms with E-state index in [2.05, 4.69) is 0 Å². The summed E-state index contributed by atoms with van der Waals surface area (Å²) in [4.78, 5) is 23.0. The van der Waals surface area contributed by atoms with Crippen LogP contribution < -0.4 is 5.56 Å². The first-order valence-electron chi connectivity index (χ1n) is 5.84. The molecule has 7 heteroatoms. The smallest absolute Gasteiger partial charge is 0.310 e. The summed E-state index contributed by atoms with van der Waals surface area (Å²) < 4.78 is 38.5. The van der Waals surface area contributed by atoms with Crippen molar-refractivity contribution in [3.05, 3.63) is 69.6 Å². The van der Waals surface area contributed by atoms with Crippen molar-refractivity contribution in [2.24, 2.45) is 0 Å². The van der Waals surface area contributed by atoms with E-state index in [1.165, 1.54) is 35.0 Å². The van der Waals surface area contributed by atoms with Crippen LogP contribution in [0.2, 0.25) is 0 Å². The zero-order valence-electron chi connectivity index (χ0n) is 10.5. The number of alkyl halides is 3.